The van der Waals surface area contributed by atoms with Gasteiger partial charge in [0.15, 0.2) is 6.61 Å². The van der Waals surface area contributed by atoms with Crippen molar-refractivity contribution in [2.24, 2.45) is 11.8 Å². The summed E-state index contributed by atoms with van der Waals surface area (Å²) in [5, 5.41) is 6.64. The van der Waals surface area contributed by atoms with Gasteiger partial charge in [0, 0.05) is 11.4 Å². The maximum atomic E-state index is 12.1. The van der Waals surface area contributed by atoms with Gasteiger partial charge >= 0.3 is 5.97 Å². The second kappa shape index (κ2) is 8.81. The number of carbonyl (C=O) groups is 2. The molecule has 3 atom stereocenters. The topological polar surface area (TPSA) is 81.2 Å². The largest absolute Gasteiger partial charge is 0.455 e. The van der Waals surface area contributed by atoms with Crippen molar-refractivity contribution in [1.29, 1.82) is 0 Å². The van der Waals surface area contributed by atoms with Crippen LogP contribution in [-0.2, 0) is 14.3 Å². The van der Waals surface area contributed by atoms with E-state index < -0.39 is 5.97 Å². The number of ether oxygens (including phenoxy) is 1. The van der Waals surface area contributed by atoms with E-state index in [0.29, 0.717) is 11.8 Å². The van der Waals surface area contributed by atoms with Crippen molar-refractivity contribution in [3.63, 3.8) is 0 Å². The molecular formula is C18H23N3O3S2. The third kappa shape index (κ3) is 4.73. The van der Waals surface area contributed by atoms with Gasteiger partial charge in [0.2, 0.25) is 0 Å². The van der Waals surface area contributed by atoms with Crippen molar-refractivity contribution in [3.05, 3.63) is 17.8 Å². The van der Waals surface area contributed by atoms with E-state index in [1.54, 1.807) is 0 Å². The fourth-order valence-electron chi connectivity index (χ4n) is 3.23. The molecule has 1 amide bonds. The Morgan fingerprint density at radius 2 is 2.19 bits per heavy atom. The maximum Gasteiger partial charge on any atom is 0.316 e. The van der Waals surface area contributed by atoms with Gasteiger partial charge in [-0.15, -0.1) is 11.3 Å². The molecule has 26 heavy (non-hydrogen) atoms. The zero-order valence-electron chi connectivity index (χ0n) is 14.9. The Morgan fingerprint density at radius 3 is 3.04 bits per heavy atom. The van der Waals surface area contributed by atoms with Gasteiger partial charge in [-0.05, 0) is 29.7 Å². The number of hydrogen-bond acceptors (Lipinski definition) is 7. The number of fused-ring (bicyclic) bond motifs is 1. The molecule has 140 valence electrons. The summed E-state index contributed by atoms with van der Waals surface area (Å²) >= 11 is 2.83. The van der Waals surface area contributed by atoms with Crippen LogP contribution in [0.25, 0.3) is 10.2 Å². The first kappa shape index (κ1) is 19.1. The second-order valence-electron chi connectivity index (χ2n) is 6.71. The number of thiophene rings is 1. The average molecular weight is 394 g/mol. The molecule has 2 aromatic rings. The number of rotatable bonds is 6. The van der Waals surface area contributed by atoms with E-state index in [1.165, 1.54) is 35.8 Å². The van der Waals surface area contributed by atoms with Crippen LogP contribution in [0.5, 0.6) is 0 Å². The van der Waals surface area contributed by atoms with Crippen molar-refractivity contribution >= 4 is 45.2 Å². The Labute approximate surface area is 161 Å². The molecule has 6 nitrogen and oxygen atoms in total. The van der Waals surface area contributed by atoms with E-state index >= 15 is 0 Å². The highest BCUT2D eigenvalue weighted by Crippen LogP contribution is 2.29. The van der Waals surface area contributed by atoms with Gasteiger partial charge in [-0.1, -0.05) is 38.5 Å². The third-order valence-corrected chi connectivity index (χ3v) is 6.77. The predicted octanol–water partition coefficient (Wildman–Crippen LogP) is 3.27. The van der Waals surface area contributed by atoms with E-state index in [-0.39, 0.29) is 24.3 Å². The molecule has 1 aliphatic rings. The lowest BCUT2D eigenvalue weighted by Crippen LogP contribution is -2.45. The van der Waals surface area contributed by atoms with Gasteiger partial charge in [0.25, 0.3) is 5.91 Å². The van der Waals surface area contributed by atoms with Crippen LogP contribution in [0.2, 0.25) is 0 Å². The van der Waals surface area contributed by atoms with Crippen molar-refractivity contribution in [1.82, 2.24) is 15.3 Å². The molecule has 0 bridgehead atoms. The molecule has 1 aliphatic carbocycles. The molecule has 8 heteroatoms. The van der Waals surface area contributed by atoms with Crippen molar-refractivity contribution < 1.29 is 14.3 Å². The number of carbonyl (C=O) groups excluding carboxylic acids is 2. The molecule has 2 heterocycles. The molecule has 1 saturated carbocycles. The summed E-state index contributed by atoms with van der Waals surface area (Å²) in [4.78, 5) is 33.3. The molecular weight excluding hydrogens is 370 g/mol. The van der Waals surface area contributed by atoms with Gasteiger partial charge in [0.1, 0.15) is 16.2 Å². The molecule has 0 aromatic carbocycles. The van der Waals surface area contributed by atoms with Crippen LogP contribution in [0.3, 0.4) is 0 Å². The SMILES string of the molecule is C[C@H]1[C@@H](NC(=O)COC(=O)CSc2ncnc3sccc23)CCC[C@@H]1C. The maximum absolute atomic E-state index is 12.1. The highest BCUT2D eigenvalue weighted by atomic mass is 32.2. The van der Waals surface area contributed by atoms with Crippen LogP contribution in [0.15, 0.2) is 22.8 Å². The first-order valence-electron chi connectivity index (χ1n) is 8.80. The first-order chi connectivity index (χ1) is 12.5. The first-order valence-corrected chi connectivity index (χ1v) is 10.7. The zero-order chi connectivity index (χ0) is 18.5. The number of aromatic nitrogens is 2. The molecule has 0 spiro atoms. The lowest BCUT2D eigenvalue weighted by molar-refractivity contribution is -0.146. The molecule has 3 rings (SSSR count). The molecule has 1 N–H and O–H groups in total. The van der Waals surface area contributed by atoms with Crippen LogP contribution in [-0.4, -0.2) is 40.2 Å². The number of nitrogens with zero attached hydrogens (tertiary/aromatic N) is 2. The van der Waals surface area contributed by atoms with Crippen LogP contribution < -0.4 is 5.32 Å². The lowest BCUT2D eigenvalue weighted by atomic mass is 9.78. The minimum atomic E-state index is -0.419. The van der Waals surface area contributed by atoms with Crippen molar-refractivity contribution in [2.75, 3.05) is 12.4 Å². The summed E-state index contributed by atoms with van der Waals surface area (Å²) in [6.45, 7) is 4.16. The van der Waals surface area contributed by atoms with Crippen LogP contribution >= 0.6 is 23.1 Å². The molecule has 2 aromatic heterocycles. The third-order valence-electron chi connectivity index (χ3n) is 4.97. The number of hydrogen-bond donors (Lipinski definition) is 1. The Kier molecular flexibility index (Phi) is 6.48. The summed E-state index contributed by atoms with van der Waals surface area (Å²) in [6, 6.07) is 2.11. The smallest absolute Gasteiger partial charge is 0.316 e. The highest BCUT2D eigenvalue weighted by Gasteiger charge is 2.28. The summed E-state index contributed by atoms with van der Waals surface area (Å²) in [5.41, 5.74) is 0. The normalized spacial score (nSPS) is 22.9. The van der Waals surface area contributed by atoms with Crippen molar-refractivity contribution in [2.45, 2.75) is 44.2 Å². The van der Waals surface area contributed by atoms with Gasteiger partial charge in [-0.25, -0.2) is 9.97 Å². The van der Waals surface area contributed by atoms with E-state index in [0.717, 1.165) is 28.1 Å². The van der Waals surface area contributed by atoms with Crippen LogP contribution in [0.4, 0.5) is 0 Å². The standard InChI is InChI=1S/C18H23N3O3S2/c1-11-4-3-5-14(12(11)2)21-15(22)8-24-16(23)9-26-18-13-6-7-25-17(13)19-10-20-18/h6-7,10-12,14H,3-5,8-9H2,1-2H3,(H,21,22)/t11-,12+,14-/m0/s1. The lowest BCUT2D eigenvalue weighted by Gasteiger charge is -2.34. The predicted molar refractivity (Wildman–Crippen MR) is 103 cm³/mol. The summed E-state index contributed by atoms with van der Waals surface area (Å²) < 4.78 is 5.11. The van der Waals surface area contributed by atoms with Gasteiger partial charge < -0.3 is 10.1 Å². The number of amides is 1. The summed E-state index contributed by atoms with van der Waals surface area (Å²) in [7, 11) is 0. The molecule has 0 aliphatic heterocycles. The average Bonchev–Trinajstić information content (AvgIpc) is 3.11. The fraction of sp³-hybridized carbons (Fsp3) is 0.556. The summed E-state index contributed by atoms with van der Waals surface area (Å²) in [5.74, 6) is 0.528. The minimum absolute atomic E-state index is 0.117. The Bertz CT molecular complexity index is 780. The second-order valence-corrected chi connectivity index (χ2v) is 8.57. The van der Waals surface area contributed by atoms with Gasteiger partial charge in [0.05, 0.1) is 5.75 Å². The molecule has 0 unspecified atom stereocenters. The molecule has 0 radical (unpaired) electrons. The van der Waals surface area contributed by atoms with E-state index in [9.17, 15) is 9.59 Å². The quantitative estimate of drug-likeness (QED) is 0.461. The zero-order valence-corrected chi connectivity index (χ0v) is 16.6. The number of thioether (sulfide) groups is 1. The molecule has 1 fully saturated rings. The Morgan fingerprint density at radius 1 is 1.35 bits per heavy atom. The fourth-order valence-corrected chi connectivity index (χ4v) is 4.81. The van der Waals surface area contributed by atoms with E-state index in [1.807, 2.05) is 11.4 Å². The highest BCUT2D eigenvalue weighted by molar-refractivity contribution is 8.00. The van der Waals surface area contributed by atoms with Gasteiger partial charge in [-0.2, -0.15) is 0 Å². The Hall–Kier alpha value is -1.67. The summed E-state index contributed by atoms with van der Waals surface area (Å²) in [6.07, 6.45) is 4.82. The van der Waals surface area contributed by atoms with Crippen molar-refractivity contribution in [3.8, 4) is 0 Å². The van der Waals surface area contributed by atoms with Crippen LogP contribution in [0.1, 0.15) is 33.1 Å². The van der Waals surface area contributed by atoms with E-state index in [2.05, 4.69) is 29.1 Å². The number of nitrogens with one attached hydrogen (secondary N) is 1. The van der Waals surface area contributed by atoms with Gasteiger partial charge in [-0.3, -0.25) is 9.59 Å². The Balaban J connectivity index is 1.42. The van der Waals surface area contributed by atoms with Crippen LogP contribution in [0, 0.1) is 11.8 Å². The minimum Gasteiger partial charge on any atom is -0.455 e. The number of esters is 1. The van der Waals surface area contributed by atoms with E-state index in [4.69, 9.17) is 4.74 Å². The molecule has 0 saturated heterocycles. The monoisotopic (exact) mass is 393 g/mol.